The number of ether oxygens (including phenoxy) is 1. The van der Waals surface area contributed by atoms with Gasteiger partial charge < -0.3 is 10.1 Å². The molecule has 0 radical (unpaired) electrons. The molecular formula is C15H18BrNOS. The Hall–Kier alpha value is -0.840. The Morgan fingerprint density at radius 2 is 2.00 bits per heavy atom. The number of benzene rings is 1. The molecule has 1 atom stereocenters. The summed E-state index contributed by atoms with van der Waals surface area (Å²) in [6, 6.07) is 10.6. The van der Waals surface area contributed by atoms with Crippen LogP contribution in [0.1, 0.15) is 31.0 Å². The lowest BCUT2D eigenvalue weighted by Gasteiger charge is -2.17. The zero-order valence-electron chi connectivity index (χ0n) is 11.3. The molecule has 4 heteroatoms. The van der Waals surface area contributed by atoms with Crippen LogP contribution >= 0.6 is 27.3 Å². The maximum atomic E-state index is 5.76. The standard InChI is InChI=1S/C15H18BrNOS/c1-10(2)18-13-6-4-5-11(7-13)15(17-3)12-8-14(16)19-9-12/h4-10,15,17H,1-3H3. The summed E-state index contributed by atoms with van der Waals surface area (Å²) in [7, 11) is 1.98. The zero-order valence-corrected chi connectivity index (χ0v) is 13.7. The van der Waals surface area contributed by atoms with E-state index in [0.29, 0.717) is 0 Å². The van der Waals surface area contributed by atoms with Gasteiger partial charge in [-0.05, 0) is 71.5 Å². The van der Waals surface area contributed by atoms with Crippen molar-refractivity contribution < 1.29 is 4.74 Å². The third-order valence-electron chi connectivity index (χ3n) is 2.77. The van der Waals surface area contributed by atoms with Crippen LogP contribution in [0.4, 0.5) is 0 Å². The van der Waals surface area contributed by atoms with E-state index in [0.717, 1.165) is 9.54 Å². The molecule has 0 aliphatic carbocycles. The molecule has 0 bridgehead atoms. The highest BCUT2D eigenvalue weighted by Gasteiger charge is 2.14. The lowest BCUT2D eigenvalue weighted by atomic mass is 10.0. The smallest absolute Gasteiger partial charge is 0.120 e. The second kappa shape index (κ2) is 6.55. The van der Waals surface area contributed by atoms with Crippen molar-refractivity contribution in [2.45, 2.75) is 26.0 Å². The summed E-state index contributed by atoms with van der Waals surface area (Å²) in [5.41, 5.74) is 2.48. The van der Waals surface area contributed by atoms with Crippen LogP contribution in [0.25, 0.3) is 0 Å². The van der Waals surface area contributed by atoms with Gasteiger partial charge in [-0.25, -0.2) is 0 Å². The fourth-order valence-electron chi connectivity index (χ4n) is 2.04. The number of halogens is 1. The van der Waals surface area contributed by atoms with Gasteiger partial charge in [-0.1, -0.05) is 12.1 Å². The van der Waals surface area contributed by atoms with Crippen LogP contribution in [-0.2, 0) is 0 Å². The summed E-state index contributed by atoms with van der Waals surface area (Å²) in [6.45, 7) is 4.08. The predicted molar refractivity (Wildman–Crippen MR) is 85.1 cm³/mol. The second-order valence-electron chi connectivity index (χ2n) is 4.64. The maximum absolute atomic E-state index is 5.76. The average molecular weight is 340 g/mol. The van der Waals surface area contributed by atoms with Crippen LogP contribution in [0.3, 0.4) is 0 Å². The Morgan fingerprint density at radius 3 is 2.58 bits per heavy atom. The van der Waals surface area contributed by atoms with Crippen molar-refractivity contribution in [3.63, 3.8) is 0 Å². The fraction of sp³-hybridized carbons (Fsp3) is 0.333. The van der Waals surface area contributed by atoms with E-state index in [-0.39, 0.29) is 12.1 Å². The van der Waals surface area contributed by atoms with Crippen molar-refractivity contribution in [3.8, 4) is 5.75 Å². The van der Waals surface area contributed by atoms with Crippen LogP contribution in [-0.4, -0.2) is 13.2 Å². The molecule has 1 N–H and O–H groups in total. The highest BCUT2D eigenvalue weighted by Crippen LogP contribution is 2.30. The van der Waals surface area contributed by atoms with E-state index < -0.39 is 0 Å². The Morgan fingerprint density at radius 1 is 1.21 bits per heavy atom. The summed E-state index contributed by atoms with van der Waals surface area (Å²) < 4.78 is 6.91. The summed E-state index contributed by atoms with van der Waals surface area (Å²) in [5.74, 6) is 0.919. The van der Waals surface area contributed by atoms with Crippen LogP contribution in [0.5, 0.6) is 5.75 Å². The molecule has 1 aromatic carbocycles. The van der Waals surface area contributed by atoms with Gasteiger partial charge in [0.05, 0.1) is 15.9 Å². The molecule has 1 unspecified atom stereocenters. The molecule has 0 aliphatic rings. The van der Waals surface area contributed by atoms with Crippen molar-refractivity contribution in [2.24, 2.45) is 0 Å². The van der Waals surface area contributed by atoms with Gasteiger partial charge in [0.25, 0.3) is 0 Å². The minimum atomic E-state index is 0.193. The molecule has 0 spiro atoms. The Bertz CT molecular complexity index is 538. The molecule has 2 aromatic rings. The largest absolute Gasteiger partial charge is 0.491 e. The first-order valence-corrected chi connectivity index (χ1v) is 7.95. The topological polar surface area (TPSA) is 21.3 Å². The third-order valence-corrected chi connectivity index (χ3v) is 4.30. The second-order valence-corrected chi connectivity index (χ2v) is 6.94. The first-order chi connectivity index (χ1) is 9.10. The zero-order chi connectivity index (χ0) is 13.8. The third kappa shape index (κ3) is 3.81. The molecule has 19 heavy (non-hydrogen) atoms. The van der Waals surface area contributed by atoms with Crippen molar-refractivity contribution >= 4 is 27.3 Å². The highest BCUT2D eigenvalue weighted by molar-refractivity contribution is 9.11. The van der Waals surface area contributed by atoms with E-state index >= 15 is 0 Å². The molecule has 2 rings (SSSR count). The summed E-state index contributed by atoms with van der Waals surface area (Å²) in [6.07, 6.45) is 0.193. The Kier molecular flexibility index (Phi) is 5.02. The van der Waals surface area contributed by atoms with Gasteiger partial charge in [-0.2, -0.15) is 0 Å². The highest BCUT2D eigenvalue weighted by atomic mass is 79.9. The molecule has 102 valence electrons. The van der Waals surface area contributed by atoms with Crippen molar-refractivity contribution in [1.29, 1.82) is 0 Å². The van der Waals surface area contributed by atoms with Crippen LogP contribution < -0.4 is 10.1 Å². The normalized spacial score (nSPS) is 12.7. The average Bonchev–Trinajstić information content (AvgIpc) is 2.76. The lowest BCUT2D eigenvalue weighted by molar-refractivity contribution is 0.242. The first kappa shape index (κ1) is 14.6. The molecule has 2 nitrogen and oxygen atoms in total. The van der Waals surface area contributed by atoms with E-state index in [1.807, 2.05) is 33.0 Å². The van der Waals surface area contributed by atoms with Crippen molar-refractivity contribution in [2.75, 3.05) is 7.05 Å². The summed E-state index contributed by atoms with van der Waals surface area (Å²) in [4.78, 5) is 0. The number of hydrogen-bond acceptors (Lipinski definition) is 3. The predicted octanol–water partition coefficient (Wildman–Crippen LogP) is 4.61. The Balaban J connectivity index is 2.28. The molecule has 0 saturated carbocycles. The van der Waals surface area contributed by atoms with Crippen LogP contribution in [0.15, 0.2) is 39.5 Å². The molecular weight excluding hydrogens is 322 g/mol. The molecule has 0 aliphatic heterocycles. The molecule has 0 amide bonds. The van der Waals surface area contributed by atoms with Crippen LogP contribution in [0.2, 0.25) is 0 Å². The van der Waals surface area contributed by atoms with Gasteiger partial charge in [0.1, 0.15) is 5.75 Å². The van der Waals surface area contributed by atoms with Crippen molar-refractivity contribution in [1.82, 2.24) is 5.32 Å². The number of rotatable bonds is 5. The van der Waals surface area contributed by atoms with Gasteiger partial charge >= 0.3 is 0 Å². The monoisotopic (exact) mass is 339 g/mol. The molecule has 1 heterocycles. The van der Waals surface area contributed by atoms with Gasteiger partial charge in [0.15, 0.2) is 0 Å². The minimum absolute atomic E-state index is 0.193. The van der Waals surface area contributed by atoms with Crippen molar-refractivity contribution in [3.05, 3.63) is 50.6 Å². The van der Waals surface area contributed by atoms with Gasteiger partial charge in [-0.3, -0.25) is 0 Å². The van der Waals surface area contributed by atoms with E-state index in [2.05, 4.69) is 44.8 Å². The number of thiophene rings is 1. The van der Waals surface area contributed by atoms with E-state index in [1.165, 1.54) is 11.1 Å². The quantitative estimate of drug-likeness (QED) is 0.858. The molecule has 1 aromatic heterocycles. The number of nitrogens with one attached hydrogen (secondary N) is 1. The Labute approximate surface area is 126 Å². The summed E-state index contributed by atoms with van der Waals surface area (Å²) >= 11 is 5.22. The summed E-state index contributed by atoms with van der Waals surface area (Å²) in [5, 5.41) is 5.53. The van der Waals surface area contributed by atoms with E-state index in [1.54, 1.807) is 11.3 Å². The van der Waals surface area contributed by atoms with Gasteiger partial charge in [-0.15, -0.1) is 11.3 Å². The lowest BCUT2D eigenvalue weighted by Crippen LogP contribution is -2.17. The minimum Gasteiger partial charge on any atom is -0.491 e. The number of hydrogen-bond donors (Lipinski definition) is 1. The van der Waals surface area contributed by atoms with Gasteiger partial charge in [0, 0.05) is 0 Å². The van der Waals surface area contributed by atoms with E-state index in [9.17, 15) is 0 Å². The molecule has 0 saturated heterocycles. The fourth-order valence-corrected chi connectivity index (χ4v) is 3.24. The first-order valence-electron chi connectivity index (χ1n) is 6.28. The van der Waals surface area contributed by atoms with Crippen LogP contribution in [0, 0.1) is 0 Å². The van der Waals surface area contributed by atoms with E-state index in [4.69, 9.17) is 4.74 Å². The maximum Gasteiger partial charge on any atom is 0.120 e. The SMILES string of the molecule is CNC(c1cccc(OC(C)C)c1)c1csc(Br)c1. The van der Waals surface area contributed by atoms with Gasteiger partial charge in [0.2, 0.25) is 0 Å². The molecule has 0 fully saturated rings.